The highest BCUT2D eigenvalue weighted by Crippen LogP contribution is 2.18. The first kappa shape index (κ1) is 25.6. The van der Waals surface area contributed by atoms with E-state index in [-0.39, 0.29) is 41.7 Å². The van der Waals surface area contributed by atoms with Crippen LogP contribution in [0.2, 0.25) is 0 Å². The summed E-state index contributed by atoms with van der Waals surface area (Å²) < 4.78 is 13.7. The van der Waals surface area contributed by atoms with Crippen molar-refractivity contribution in [2.45, 2.75) is 45.7 Å². The average Bonchev–Trinajstić information content (AvgIpc) is 3.13. The minimum absolute atomic E-state index is 0. The van der Waals surface area contributed by atoms with Gasteiger partial charge in [-0.05, 0) is 56.8 Å². The number of likely N-dealkylation sites (tertiary alicyclic amines) is 1. The summed E-state index contributed by atoms with van der Waals surface area (Å²) in [5.41, 5.74) is 1.49. The van der Waals surface area contributed by atoms with Crippen LogP contribution < -0.4 is 10.6 Å². The molecule has 1 aliphatic heterocycles. The number of nitrogens with one attached hydrogen (secondary N) is 2. The maximum absolute atomic E-state index is 13.7. The molecule has 1 heterocycles. The van der Waals surface area contributed by atoms with Gasteiger partial charge in [-0.2, -0.15) is 0 Å². The number of guanidine groups is 1. The Kier molecular flexibility index (Phi) is 11.5. The zero-order chi connectivity index (χ0) is 20.5. The molecule has 1 atom stereocenters. The van der Waals surface area contributed by atoms with E-state index < -0.39 is 0 Å². The van der Waals surface area contributed by atoms with Gasteiger partial charge in [0, 0.05) is 33.7 Å². The normalized spacial score (nSPS) is 17.0. The molecular weight excluding hydrogens is 484 g/mol. The molecule has 2 N–H and O–H groups in total. The van der Waals surface area contributed by atoms with E-state index in [9.17, 15) is 9.18 Å². The van der Waals surface area contributed by atoms with Crippen molar-refractivity contribution in [1.29, 1.82) is 0 Å². The molecule has 1 aliphatic rings. The van der Waals surface area contributed by atoms with E-state index in [1.165, 1.54) is 6.07 Å². The van der Waals surface area contributed by atoms with Crippen LogP contribution in [-0.4, -0.2) is 68.0 Å². The first-order valence-corrected chi connectivity index (χ1v) is 10.1. The number of amides is 1. The van der Waals surface area contributed by atoms with Gasteiger partial charge in [0.2, 0.25) is 5.91 Å². The summed E-state index contributed by atoms with van der Waals surface area (Å²) in [4.78, 5) is 20.8. The Bertz CT molecular complexity index is 683. The molecule has 0 spiro atoms. The molecule has 1 unspecified atom stereocenters. The van der Waals surface area contributed by atoms with Crippen molar-refractivity contribution in [3.05, 3.63) is 35.1 Å². The molecule has 164 valence electrons. The maximum atomic E-state index is 13.7. The van der Waals surface area contributed by atoms with Gasteiger partial charge in [0.1, 0.15) is 5.82 Å². The third-order valence-electron chi connectivity index (χ3n) is 5.00. The Morgan fingerprint density at radius 3 is 2.76 bits per heavy atom. The Hall–Kier alpha value is -1.42. The number of hydrogen-bond donors (Lipinski definition) is 2. The van der Waals surface area contributed by atoms with Crippen LogP contribution in [0.4, 0.5) is 4.39 Å². The summed E-state index contributed by atoms with van der Waals surface area (Å²) in [6.07, 6.45) is 2.96. The summed E-state index contributed by atoms with van der Waals surface area (Å²) >= 11 is 0. The molecule has 2 rings (SSSR count). The average molecular weight is 519 g/mol. The van der Waals surface area contributed by atoms with Gasteiger partial charge < -0.3 is 15.5 Å². The molecule has 1 aromatic rings. The number of benzene rings is 1. The van der Waals surface area contributed by atoms with Gasteiger partial charge in [0.25, 0.3) is 0 Å². The van der Waals surface area contributed by atoms with Crippen molar-refractivity contribution >= 4 is 35.8 Å². The highest BCUT2D eigenvalue weighted by molar-refractivity contribution is 14.0. The van der Waals surface area contributed by atoms with E-state index in [0.717, 1.165) is 57.0 Å². The van der Waals surface area contributed by atoms with Crippen LogP contribution in [-0.2, 0) is 11.3 Å². The number of aliphatic imine (C=N–C) groups is 1. The Labute approximate surface area is 191 Å². The number of carbonyl (C=O) groups excluding carboxylic acids is 1. The predicted molar refractivity (Wildman–Crippen MR) is 127 cm³/mol. The zero-order valence-electron chi connectivity index (χ0n) is 18.0. The number of nitrogens with zero attached hydrogens (tertiary/aromatic N) is 3. The van der Waals surface area contributed by atoms with Crippen LogP contribution in [0.3, 0.4) is 0 Å². The molecule has 6 nitrogen and oxygen atoms in total. The van der Waals surface area contributed by atoms with E-state index in [1.807, 2.05) is 27.1 Å². The van der Waals surface area contributed by atoms with Gasteiger partial charge in [-0.15, -0.1) is 24.0 Å². The summed E-state index contributed by atoms with van der Waals surface area (Å²) in [6, 6.07) is 5.24. The second-order valence-electron chi connectivity index (χ2n) is 7.49. The third kappa shape index (κ3) is 8.08. The quantitative estimate of drug-likeness (QED) is 0.240. The monoisotopic (exact) mass is 519 g/mol. The SMILES string of the molecule is CCNC(=NCc1ccc(C)c(F)c1)NCCCN1CCCC1C(=O)N(C)C.I. The molecule has 29 heavy (non-hydrogen) atoms. The molecule has 1 fully saturated rings. The lowest BCUT2D eigenvalue weighted by atomic mass is 10.1. The summed E-state index contributed by atoms with van der Waals surface area (Å²) in [5, 5.41) is 6.55. The van der Waals surface area contributed by atoms with E-state index >= 15 is 0 Å². The van der Waals surface area contributed by atoms with E-state index in [2.05, 4.69) is 20.5 Å². The van der Waals surface area contributed by atoms with Crippen molar-refractivity contribution in [2.75, 3.05) is 40.3 Å². The van der Waals surface area contributed by atoms with Crippen molar-refractivity contribution in [3.63, 3.8) is 0 Å². The number of halogens is 2. The molecule has 0 aliphatic carbocycles. The van der Waals surface area contributed by atoms with Crippen LogP contribution >= 0.6 is 24.0 Å². The molecule has 1 aromatic carbocycles. The topological polar surface area (TPSA) is 60.0 Å². The number of likely N-dealkylation sites (N-methyl/N-ethyl adjacent to an activating group) is 1. The highest BCUT2D eigenvalue weighted by Gasteiger charge is 2.30. The van der Waals surface area contributed by atoms with E-state index in [1.54, 1.807) is 17.9 Å². The Morgan fingerprint density at radius 1 is 1.34 bits per heavy atom. The molecule has 1 amide bonds. The van der Waals surface area contributed by atoms with Crippen molar-refractivity contribution in [1.82, 2.24) is 20.4 Å². The van der Waals surface area contributed by atoms with Crippen molar-refractivity contribution in [2.24, 2.45) is 4.99 Å². The van der Waals surface area contributed by atoms with Crippen LogP contribution in [0.5, 0.6) is 0 Å². The lowest BCUT2D eigenvalue weighted by Crippen LogP contribution is -2.44. The predicted octanol–water partition coefficient (Wildman–Crippen LogP) is 2.75. The number of carbonyl (C=O) groups is 1. The van der Waals surface area contributed by atoms with Crippen LogP contribution in [0, 0.1) is 12.7 Å². The molecule has 0 saturated carbocycles. The molecule has 0 radical (unpaired) electrons. The number of aryl methyl sites for hydroxylation is 1. The van der Waals surface area contributed by atoms with Gasteiger partial charge in [-0.1, -0.05) is 12.1 Å². The van der Waals surface area contributed by atoms with Crippen LogP contribution in [0.15, 0.2) is 23.2 Å². The fraction of sp³-hybridized carbons (Fsp3) is 0.619. The standard InChI is InChI=1S/C21H34FN5O.HI/c1-5-23-21(25-15-17-10-9-16(2)18(22)14-17)24-11-7-13-27-12-6-8-19(27)20(28)26(3)4;/h9-10,14,19H,5-8,11-13,15H2,1-4H3,(H2,23,24,25);1H. The second kappa shape index (κ2) is 13.0. The summed E-state index contributed by atoms with van der Waals surface area (Å²) in [6.45, 7) is 7.61. The summed E-state index contributed by atoms with van der Waals surface area (Å²) in [5.74, 6) is 0.731. The lowest BCUT2D eigenvalue weighted by Gasteiger charge is -2.26. The Balaban J connectivity index is 0.00000420. The van der Waals surface area contributed by atoms with Crippen LogP contribution in [0.25, 0.3) is 0 Å². The number of rotatable bonds is 8. The first-order chi connectivity index (χ1) is 13.4. The van der Waals surface area contributed by atoms with Gasteiger partial charge in [-0.3, -0.25) is 9.69 Å². The number of hydrogen-bond acceptors (Lipinski definition) is 3. The molecular formula is C21H35FIN5O. The fourth-order valence-corrected chi connectivity index (χ4v) is 3.41. The van der Waals surface area contributed by atoms with Crippen molar-refractivity contribution < 1.29 is 9.18 Å². The molecule has 0 aromatic heterocycles. The van der Waals surface area contributed by atoms with E-state index in [0.29, 0.717) is 12.1 Å². The molecule has 8 heteroatoms. The van der Waals surface area contributed by atoms with E-state index in [4.69, 9.17) is 0 Å². The van der Waals surface area contributed by atoms with Gasteiger partial charge in [0.05, 0.1) is 12.6 Å². The largest absolute Gasteiger partial charge is 0.357 e. The summed E-state index contributed by atoms with van der Waals surface area (Å²) in [7, 11) is 3.64. The second-order valence-corrected chi connectivity index (χ2v) is 7.49. The van der Waals surface area contributed by atoms with Gasteiger partial charge >= 0.3 is 0 Å². The lowest BCUT2D eigenvalue weighted by molar-refractivity contribution is -0.133. The minimum atomic E-state index is -0.196. The fourth-order valence-electron chi connectivity index (χ4n) is 3.41. The molecule has 0 bridgehead atoms. The Morgan fingerprint density at radius 2 is 2.10 bits per heavy atom. The van der Waals surface area contributed by atoms with Gasteiger partial charge in [0.15, 0.2) is 5.96 Å². The zero-order valence-corrected chi connectivity index (χ0v) is 20.3. The third-order valence-corrected chi connectivity index (χ3v) is 5.00. The maximum Gasteiger partial charge on any atom is 0.239 e. The van der Waals surface area contributed by atoms with Gasteiger partial charge in [-0.25, -0.2) is 9.38 Å². The molecule has 1 saturated heterocycles. The van der Waals surface area contributed by atoms with Crippen LogP contribution in [0.1, 0.15) is 37.3 Å². The van der Waals surface area contributed by atoms with Crippen molar-refractivity contribution in [3.8, 4) is 0 Å². The minimum Gasteiger partial charge on any atom is -0.357 e. The first-order valence-electron chi connectivity index (χ1n) is 10.1. The highest BCUT2D eigenvalue weighted by atomic mass is 127. The smallest absolute Gasteiger partial charge is 0.239 e.